The number of carbonyl (C=O) groups is 1. The lowest BCUT2D eigenvalue weighted by atomic mass is 10.1. The van der Waals surface area contributed by atoms with Crippen LogP contribution in [0.15, 0.2) is 42.5 Å². The Bertz CT molecular complexity index is 780. The summed E-state index contributed by atoms with van der Waals surface area (Å²) < 4.78 is 16.5. The molecule has 5 nitrogen and oxygen atoms in total. The largest absolute Gasteiger partial charge is 0.496 e. The molecule has 26 heavy (non-hydrogen) atoms. The smallest absolute Gasteiger partial charge is 0.234 e. The minimum absolute atomic E-state index is 0.0578. The number of benzene rings is 2. The first-order valence-electron chi connectivity index (χ1n) is 8.51. The molecule has 0 spiro atoms. The summed E-state index contributed by atoms with van der Waals surface area (Å²) in [6, 6.07) is 13.6. The Balaban J connectivity index is 1.89. The first-order valence-corrected chi connectivity index (χ1v) is 9.56. The number of carbonyl (C=O) groups excluding carboxylic acids is 1. The number of hydrogen-bond acceptors (Lipinski definition) is 5. The number of rotatable bonds is 7. The van der Waals surface area contributed by atoms with E-state index in [4.69, 9.17) is 14.2 Å². The van der Waals surface area contributed by atoms with Gasteiger partial charge >= 0.3 is 0 Å². The number of thioether (sulfide) groups is 1. The van der Waals surface area contributed by atoms with Gasteiger partial charge in [0.2, 0.25) is 5.91 Å². The second-order valence-electron chi connectivity index (χ2n) is 5.84. The quantitative estimate of drug-likeness (QED) is 0.737. The molecule has 1 unspecified atom stereocenters. The number of para-hydroxylation sites is 1. The summed E-state index contributed by atoms with van der Waals surface area (Å²) in [5.74, 6) is 2.78. The fourth-order valence-corrected chi connectivity index (χ4v) is 4.21. The highest BCUT2D eigenvalue weighted by Crippen LogP contribution is 2.42. The third kappa shape index (κ3) is 3.75. The number of amides is 1. The summed E-state index contributed by atoms with van der Waals surface area (Å²) in [7, 11) is 3.27. The van der Waals surface area contributed by atoms with Gasteiger partial charge in [-0.15, -0.1) is 11.8 Å². The van der Waals surface area contributed by atoms with E-state index in [9.17, 15) is 4.79 Å². The molecule has 0 aliphatic carbocycles. The molecule has 1 heterocycles. The average Bonchev–Trinajstić information content (AvgIpc) is 3.03. The summed E-state index contributed by atoms with van der Waals surface area (Å²) in [5.41, 5.74) is 2.02. The van der Waals surface area contributed by atoms with Crippen LogP contribution in [-0.4, -0.2) is 37.4 Å². The number of ether oxygens (including phenoxy) is 3. The first kappa shape index (κ1) is 18.5. The van der Waals surface area contributed by atoms with Crippen molar-refractivity contribution in [2.24, 2.45) is 0 Å². The van der Waals surface area contributed by atoms with Crippen molar-refractivity contribution in [1.82, 2.24) is 4.90 Å². The molecule has 0 radical (unpaired) electrons. The van der Waals surface area contributed by atoms with Crippen molar-refractivity contribution in [2.45, 2.75) is 18.8 Å². The van der Waals surface area contributed by atoms with Gasteiger partial charge in [0.25, 0.3) is 0 Å². The Morgan fingerprint density at radius 3 is 2.58 bits per heavy atom. The average molecular weight is 373 g/mol. The van der Waals surface area contributed by atoms with E-state index in [0.29, 0.717) is 30.4 Å². The van der Waals surface area contributed by atoms with Crippen LogP contribution in [0.4, 0.5) is 0 Å². The highest BCUT2D eigenvalue weighted by atomic mass is 32.2. The Kier molecular flexibility index (Phi) is 5.93. The van der Waals surface area contributed by atoms with Gasteiger partial charge in [-0.3, -0.25) is 4.79 Å². The monoisotopic (exact) mass is 373 g/mol. The lowest BCUT2D eigenvalue weighted by Crippen LogP contribution is -2.27. The van der Waals surface area contributed by atoms with E-state index in [1.54, 1.807) is 26.0 Å². The normalized spacial score (nSPS) is 16.7. The van der Waals surface area contributed by atoms with Gasteiger partial charge in [-0.2, -0.15) is 0 Å². The van der Waals surface area contributed by atoms with E-state index in [0.717, 1.165) is 16.9 Å². The molecule has 2 aromatic carbocycles. The molecule has 1 aliphatic heterocycles. The minimum Gasteiger partial charge on any atom is -0.496 e. The maximum atomic E-state index is 12.5. The van der Waals surface area contributed by atoms with Crippen LogP contribution in [0.2, 0.25) is 0 Å². The van der Waals surface area contributed by atoms with Crippen LogP contribution in [0.3, 0.4) is 0 Å². The van der Waals surface area contributed by atoms with Gasteiger partial charge in [-0.25, -0.2) is 0 Å². The lowest BCUT2D eigenvalue weighted by Gasteiger charge is -2.25. The highest BCUT2D eigenvalue weighted by molar-refractivity contribution is 8.00. The van der Waals surface area contributed by atoms with Gasteiger partial charge in [-0.05, 0) is 30.7 Å². The predicted molar refractivity (Wildman–Crippen MR) is 103 cm³/mol. The SMILES string of the molecule is CCOc1cc(C2SCC(=O)N2Cc2ccccc2OC)ccc1OC. The lowest BCUT2D eigenvalue weighted by molar-refractivity contribution is -0.128. The van der Waals surface area contributed by atoms with Gasteiger partial charge < -0.3 is 19.1 Å². The molecule has 1 aliphatic rings. The van der Waals surface area contributed by atoms with Crippen LogP contribution in [0.25, 0.3) is 0 Å². The van der Waals surface area contributed by atoms with Gasteiger partial charge in [0.1, 0.15) is 11.1 Å². The maximum absolute atomic E-state index is 12.5. The summed E-state index contributed by atoms with van der Waals surface area (Å²) in [4.78, 5) is 14.4. The Morgan fingerprint density at radius 2 is 1.85 bits per heavy atom. The topological polar surface area (TPSA) is 48.0 Å². The standard InChI is InChI=1S/C20H23NO4S/c1-4-25-18-11-14(9-10-17(18)24-3)20-21(19(22)13-26-20)12-15-7-5-6-8-16(15)23-2/h5-11,20H,4,12-13H2,1-3H3. The first-order chi connectivity index (χ1) is 12.7. The van der Waals surface area contributed by atoms with Gasteiger partial charge in [0, 0.05) is 5.56 Å². The van der Waals surface area contributed by atoms with Crippen LogP contribution in [0.5, 0.6) is 17.2 Å². The number of hydrogen-bond donors (Lipinski definition) is 0. The fourth-order valence-electron chi connectivity index (χ4n) is 3.03. The Morgan fingerprint density at radius 1 is 1.08 bits per heavy atom. The van der Waals surface area contributed by atoms with Crippen molar-refractivity contribution < 1.29 is 19.0 Å². The molecule has 1 amide bonds. The van der Waals surface area contributed by atoms with E-state index in [-0.39, 0.29) is 11.3 Å². The highest BCUT2D eigenvalue weighted by Gasteiger charge is 2.33. The molecule has 1 atom stereocenters. The predicted octanol–water partition coefficient (Wildman–Crippen LogP) is 3.88. The van der Waals surface area contributed by atoms with Gasteiger partial charge in [0.15, 0.2) is 11.5 Å². The molecule has 0 aromatic heterocycles. The molecular weight excluding hydrogens is 350 g/mol. The second-order valence-corrected chi connectivity index (χ2v) is 6.91. The summed E-state index contributed by atoms with van der Waals surface area (Å²) in [6.45, 7) is 3.01. The van der Waals surface area contributed by atoms with Crippen LogP contribution >= 0.6 is 11.8 Å². The molecule has 138 valence electrons. The maximum Gasteiger partial charge on any atom is 0.234 e. The van der Waals surface area contributed by atoms with Crippen molar-refractivity contribution in [3.05, 3.63) is 53.6 Å². The molecule has 2 aromatic rings. The zero-order chi connectivity index (χ0) is 18.5. The molecule has 1 saturated heterocycles. The minimum atomic E-state index is -0.0578. The van der Waals surface area contributed by atoms with E-state index < -0.39 is 0 Å². The molecular formula is C20H23NO4S. The fraction of sp³-hybridized carbons (Fsp3) is 0.350. The van der Waals surface area contributed by atoms with Crippen LogP contribution in [0.1, 0.15) is 23.4 Å². The van der Waals surface area contributed by atoms with Crippen molar-refractivity contribution in [1.29, 1.82) is 0 Å². The van der Waals surface area contributed by atoms with Crippen LogP contribution in [-0.2, 0) is 11.3 Å². The van der Waals surface area contributed by atoms with E-state index in [2.05, 4.69) is 0 Å². The third-order valence-corrected chi connectivity index (χ3v) is 5.53. The van der Waals surface area contributed by atoms with Crippen molar-refractivity contribution in [3.8, 4) is 17.2 Å². The third-order valence-electron chi connectivity index (χ3n) is 4.27. The Hall–Kier alpha value is -2.34. The molecule has 1 fully saturated rings. The summed E-state index contributed by atoms with van der Waals surface area (Å²) in [5, 5.41) is -0.0578. The van der Waals surface area contributed by atoms with Crippen molar-refractivity contribution in [2.75, 3.05) is 26.6 Å². The number of methoxy groups -OCH3 is 2. The Labute approximate surface area is 158 Å². The van der Waals surface area contributed by atoms with Gasteiger partial charge in [0.05, 0.1) is 33.1 Å². The van der Waals surface area contributed by atoms with E-state index >= 15 is 0 Å². The summed E-state index contributed by atoms with van der Waals surface area (Å²) in [6.07, 6.45) is 0. The zero-order valence-corrected chi connectivity index (χ0v) is 16.0. The van der Waals surface area contributed by atoms with E-state index in [1.165, 1.54) is 0 Å². The molecule has 6 heteroatoms. The molecule has 0 N–H and O–H groups in total. The van der Waals surface area contributed by atoms with Crippen molar-refractivity contribution in [3.63, 3.8) is 0 Å². The number of nitrogens with zero attached hydrogens (tertiary/aromatic N) is 1. The molecule has 3 rings (SSSR count). The summed E-state index contributed by atoms with van der Waals surface area (Å²) >= 11 is 1.62. The zero-order valence-electron chi connectivity index (χ0n) is 15.2. The van der Waals surface area contributed by atoms with Crippen LogP contribution in [0, 0.1) is 0 Å². The van der Waals surface area contributed by atoms with Crippen LogP contribution < -0.4 is 14.2 Å². The van der Waals surface area contributed by atoms with E-state index in [1.807, 2.05) is 54.3 Å². The molecule has 0 bridgehead atoms. The van der Waals surface area contributed by atoms with Gasteiger partial charge in [-0.1, -0.05) is 24.3 Å². The second kappa shape index (κ2) is 8.36. The molecule has 0 saturated carbocycles. The van der Waals surface area contributed by atoms with Crippen molar-refractivity contribution >= 4 is 17.7 Å².